The van der Waals surface area contributed by atoms with Gasteiger partial charge in [-0.05, 0) is 31.0 Å². The van der Waals surface area contributed by atoms with Gasteiger partial charge in [0.05, 0.1) is 10.5 Å². The third-order valence-corrected chi connectivity index (χ3v) is 5.38. The molecule has 1 unspecified atom stereocenters. The maximum atomic E-state index is 12.2. The van der Waals surface area contributed by atoms with Crippen LogP contribution >= 0.6 is 15.9 Å². The minimum atomic E-state index is -0.207. The fourth-order valence-corrected chi connectivity index (χ4v) is 3.34. The van der Waals surface area contributed by atoms with Gasteiger partial charge >= 0.3 is 0 Å². The van der Waals surface area contributed by atoms with Gasteiger partial charge in [0.15, 0.2) is 0 Å². The second kappa shape index (κ2) is 13.2. The van der Waals surface area contributed by atoms with Crippen LogP contribution in [-0.2, 0) is 4.79 Å². The van der Waals surface area contributed by atoms with Crippen LogP contribution in [0.5, 0.6) is 5.75 Å². The highest BCUT2D eigenvalue weighted by atomic mass is 79.9. The summed E-state index contributed by atoms with van der Waals surface area (Å²) >= 11 is 3.47. The molecular formula is C21H34BrNO2. The first-order valence-electron chi connectivity index (χ1n) is 9.79. The Kier molecular flexibility index (Phi) is 11.6. The second-order valence-electron chi connectivity index (χ2n) is 6.95. The number of carbonyl (C=O) groups is 1. The summed E-state index contributed by atoms with van der Waals surface area (Å²) in [4.78, 5) is 12.0. The number of hydrogen-bond acceptors (Lipinski definition) is 2. The SMILES string of the molecule is CCCCCCCCCCCCC(Br)C(=O)Nc1cc(C)ccc1O. The van der Waals surface area contributed by atoms with Gasteiger partial charge in [-0.1, -0.05) is 93.1 Å². The van der Waals surface area contributed by atoms with Crippen LogP contribution in [-0.4, -0.2) is 15.8 Å². The molecule has 0 aliphatic carbocycles. The lowest BCUT2D eigenvalue weighted by molar-refractivity contribution is -0.115. The number of anilines is 1. The second-order valence-corrected chi connectivity index (χ2v) is 8.05. The van der Waals surface area contributed by atoms with Crippen LogP contribution in [0, 0.1) is 6.92 Å². The van der Waals surface area contributed by atoms with Crippen molar-refractivity contribution in [3.8, 4) is 5.75 Å². The van der Waals surface area contributed by atoms with Crippen molar-refractivity contribution >= 4 is 27.5 Å². The number of carbonyl (C=O) groups excluding carboxylic acids is 1. The van der Waals surface area contributed by atoms with E-state index in [1.54, 1.807) is 12.1 Å². The summed E-state index contributed by atoms with van der Waals surface area (Å²) in [6.07, 6.45) is 13.8. The summed E-state index contributed by atoms with van der Waals surface area (Å²) in [7, 11) is 0. The molecule has 142 valence electrons. The molecular weight excluding hydrogens is 378 g/mol. The Labute approximate surface area is 161 Å². The summed E-state index contributed by atoms with van der Waals surface area (Å²) in [5.74, 6) is 0.0226. The molecule has 0 heterocycles. The number of alkyl halides is 1. The zero-order chi connectivity index (χ0) is 18.5. The number of halogens is 1. The average molecular weight is 412 g/mol. The lowest BCUT2D eigenvalue weighted by atomic mass is 10.1. The number of phenolic OH excluding ortho intramolecular Hbond substituents is 1. The van der Waals surface area contributed by atoms with Crippen LogP contribution < -0.4 is 5.32 Å². The molecule has 3 nitrogen and oxygen atoms in total. The van der Waals surface area contributed by atoms with Gasteiger partial charge < -0.3 is 10.4 Å². The van der Waals surface area contributed by atoms with Gasteiger partial charge in [0.2, 0.25) is 5.91 Å². The first-order valence-corrected chi connectivity index (χ1v) is 10.7. The zero-order valence-electron chi connectivity index (χ0n) is 15.8. The van der Waals surface area contributed by atoms with Crippen LogP contribution in [0.3, 0.4) is 0 Å². The van der Waals surface area contributed by atoms with Crippen LogP contribution in [0.25, 0.3) is 0 Å². The normalized spacial score (nSPS) is 12.1. The van der Waals surface area contributed by atoms with E-state index in [0.29, 0.717) is 5.69 Å². The largest absolute Gasteiger partial charge is 0.506 e. The van der Waals surface area contributed by atoms with Crippen LogP contribution in [0.1, 0.15) is 83.1 Å². The number of nitrogens with one attached hydrogen (secondary N) is 1. The summed E-state index contributed by atoms with van der Waals surface area (Å²) in [5.41, 5.74) is 1.49. The Bertz CT molecular complexity index is 505. The van der Waals surface area contributed by atoms with Gasteiger partial charge in [-0.15, -0.1) is 0 Å². The molecule has 0 saturated heterocycles. The molecule has 0 aliphatic rings. The molecule has 0 bridgehead atoms. The topological polar surface area (TPSA) is 49.3 Å². The quantitative estimate of drug-likeness (QED) is 0.215. The standard InChI is InChI=1S/C21H34BrNO2/c1-3-4-5-6-7-8-9-10-11-12-13-18(22)21(25)23-19-16-17(2)14-15-20(19)24/h14-16,18,24H,3-13H2,1-2H3,(H,23,25). The molecule has 4 heteroatoms. The number of benzene rings is 1. The highest BCUT2D eigenvalue weighted by Crippen LogP contribution is 2.25. The molecule has 1 atom stereocenters. The van der Waals surface area contributed by atoms with Gasteiger partial charge in [-0.3, -0.25) is 4.79 Å². The maximum Gasteiger partial charge on any atom is 0.238 e. The summed E-state index contributed by atoms with van der Waals surface area (Å²) < 4.78 is 0. The number of rotatable bonds is 13. The number of hydrogen-bond donors (Lipinski definition) is 2. The van der Waals surface area contributed by atoms with E-state index in [2.05, 4.69) is 28.2 Å². The van der Waals surface area contributed by atoms with E-state index in [9.17, 15) is 9.90 Å². The number of amides is 1. The molecule has 0 fully saturated rings. The minimum Gasteiger partial charge on any atom is -0.506 e. The predicted molar refractivity (Wildman–Crippen MR) is 111 cm³/mol. The van der Waals surface area contributed by atoms with Crippen LogP contribution in [0.4, 0.5) is 5.69 Å². The first kappa shape index (κ1) is 22.0. The van der Waals surface area contributed by atoms with Crippen molar-refractivity contribution in [1.29, 1.82) is 0 Å². The van der Waals surface area contributed by atoms with E-state index in [0.717, 1.165) is 18.4 Å². The molecule has 0 radical (unpaired) electrons. The van der Waals surface area contributed by atoms with Crippen molar-refractivity contribution < 1.29 is 9.90 Å². The van der Waals surface area contributed by atoms with Crippen molar-refractivity contribution in [3.05, 3.63) is 23.8 Å². The zero-order valence-corrected chi connectivity index (χ0v) is 17.4. The third-order valence-electron chi connectivity index (χ3n) is 4.51. The van der Waals surface area contributed by atoms with E-state index >= 15 is 0 Å². The summed E-state index contributed by atoms with van der Waals surface area (Å²) in [6.45, 7) is 4.19. The molecule has 1 aromatic rings. The summed E-state index contributed by atoms with van der Waals surface area (Å²) in [6, 6.07) is 5.21. The Morgan fingerprint density at radius 2 is 1.60 bits per heavy atom. The number of unbranched alkanes of at least 4 members (excludes halogenated alkanes) is 9. The molecule has 0 aromatic heterocycles. The molecule has 2 N–H and O–H groups in total. The van der Waals surface area contributed by atoms with Crippen molar-refractivity contribution in [2.75, 3.05) is 5.32 Å². The molecule has 0 aliphatic heterocycles. The number of aryl methyl sites for hydroxylation is 1. The smallest absolute Gasteiger partial charge is 0.238 e. The third kappa shape index (κ3) is 9.88. The van der Waals surface area contributed by atoms with Gasteiger partial charge in [0, 0.05) is 0 Å². The van der Waals surface area contributed by atoms with Crippen LogP contribution in [0.15, 0.2) is 18.2 Å². The number of phenols is 1. The fraction of sp³-hybridized carbons (Fsp3) is 0.667. The Morgan fingerprint density at radius 3 is 2.20 bits per heavy atom. The molecule has 0 spiro atoms. The molecule has 1 amide bonds. The fourth-order valence-electron chi connectivity index (χ4n) is 2.90. The lowest BCUT2D eigenvalue weighted by Gasteiger charge is -2.12. The lowest BCUT2D eigenvalue weighted by Crippen LogP contribution is -2.22. The Morgan fingerprint density at radius 1 is 1.04 bits per heavy atom. The monoisotopic (exact) mass is 411 g/mol. The highest BCUT2D eigenvalue weighted by Gasteiger charge is 2.15. The minimum absolute atomic E-state index is 0.0863. The molecule has 1 rings (SSSR count). The molecule has 0 saturated carbocycles. The van der Waals surface area contributed by atoms with Gasteiger partial charge in [-0.2, -0.15) is 0 Å². The first-order chi connectivity index (χ1) is 12.0. The molecule has 25 heavy (non-hydrogen) atoms. The van der Waals surface area contributed by atoms with Gasteiger partial charge in [-0.25, -0.2) is 0 Å². The highest BCUT2D eigenvalue weighted by molar-refractivity contribution is 9.10. The van der Waals surface area contributed by atoms with Crippen molar-refractivity contribution in [2.45, 2.75) is 89.3 Å². The van der Waals surface area contributed by atoms with E-state index in [4.69, 9.17) is 0 Å². The van der Waals surface area contributed by atoms with E-state index in [-0.39, 0.29) is 16.5 Å². The van der Waals surface area contributed by atoms with E-state index in [1.165, 1.54) is 57.8 Å². The Hall–Kier alpha value is -1.03. The van der Waals surface area contributed by atoms with Gasteiger partial charge in [0.25, 0.3) is 0 Å². The van der Waals surface area contributed by atoms with Crippen molar-refractivity contribution in [1.82, 2.24) is 0 Å². The molecule has 1 aromatic carbocycles. The van der Waals surface area contributed by atoms with Crippen molar-refractivity contribution in [3.63, 3.8) is 0 Å². The van der Waals surface area contributed by atoms with Crippen molar-refractivity contribution in [2.24, 2.45) is 0 Å². The van der Waals surface area contributed by atoms with Crippen LogP contribution in [0.2, 0.25) is 0 Å². The van der Waals surface area contributed by atoms with E-state index in [1.807, 2.05) is 13.0 Å². The maximum absolute atomic E-state index is 12.2. The number of aromatic hydroxyl groups is 1. The Balaban J connectivity index is 2.10. The van der Waals surface area contributed by atoms with Gasteiger partial charge in [0.1, 0.15) is 5.75 Å². The summed E-state index contributed by atoms with van der Waals surface area (Å²) in [5, 5.41) is 12.6. The average Bonchev–Trinajstić information content (AvgIpc) is 2.59. The van der Waals surface area contributed by atoms with E-state index < -0.39 is 0 Å². The predicted octanol–water partition coefficient (Wildman–Crippen LogP) is 6.71.